The number of anilines is 1. The lowest BCUT2D eigenvalue weighted by Crippen LogP contribution is -2.29. The van der Waals surface area contributed by atoms with Gasteiger partial charge >= 0.3 is 0 Å². The average molecular weight is 208 g/mol. The molecule has 1 aromatic rings. The quantitative estimate of drug-likeness (QED) is 0.797. The summed E-state index contributed by atoms with van der Waals surface area (Å²) in [5.74, 6) is 0.818. The number of hydrogen-bond donors (Lipinski definition) is 1. The zero-order chi connectivity index (χ0) is 10.8. The Hall–Kier alpha value is -1.03. The van der Waals surface area contributed by atoms with Crippen molar-refractivity contribution in [2.75, 3.05) is 18.8 Å². The Morgan fingerprint density at radius 1 is 1.27 bits per heavy atom. The van der Waals surface area contributed by atoms with Gasteiger partial charge in [-0.1, -0.05) is 6.42 Å². The molecule has 1 aromatic heterocycles. The van der Waals surface area contributed by atoms with Crippen LogP contribution in [0.1, 0.15) is 30.5 Å². The van der Waals surface area contributed by atoms with Crippen LogP contribution < -0.4 is 5.73 Å². The van der Waals surface area contributed by atoms with Crippen LogP contribution in [0.25, 0.3) is 0 Å². The first-order valence-corrected chi connectivity index (χ1v) is 5.69. The Bertz CT molecular complexity index is 337. The van der Waals surface area contributed by atoms with E-state index in [0.29, 0.717) is 0 Å². The van der Waals surface area contributed by atoms with Crippen LogP contribution in [0, 0.1) is 6.92 Å². The van der Waals surface area contributed by atoms with Crippen molar-refractivity contribution >= 4 is 5.82 Å². The van der Waals surface area contributed by atoms with Crippen LogP contribution in [0.4, 0.5) is 5.82 Å². The van der Waals surface area contributed by atoms with Crippen molar-refractivity contribution in [3.05, 3.63) is 11.3 Å². The fraction of sp³-hybridized carbons (Fsp3) is 0.727. The van der Waals surface area contributed by atoms with Gasteiger partial charge in [-0.15, -0.1) is 0 Å². The first kappa shape index (κ1) is 10.5. The van der Waals surface area contributed by atoms with Crippen LogP contribution in [-0.2, 0) is 13.6 Å². The summed E-state index contributed by atoms with van der Waals surface area (Å²) >= 11 is 0. The predicted molar refractivity (Wildman–Crippen MR) is 61.5 cm³/mol. The van der Waals surface area contributed by atoms with Gasteiger partial charge in [0.2, 0.25) is 0 Å². The molecule has 1 aliphatic heterocycles. The molecule has 2 N–H and O–H groups in total. The minimum atomic E-state index is 0.818. The van der Waals surface area contributed by atoms with Gasteiger partial charge in [-0.3, -0.25) is 9.58 Å². The Labute approximate surface area is 91.1 Å². The molecule has 0 aromatic carbocycles. The van der Waals surface area contributed by atoms with E-state index in [2.05, 4.69) is 10.00 Å². The van der Waals surface area contributed by atoms with E-state index in [1.54, 1.807) is 4.68 Å². The fourth-order valence-corrected chi connectivity index (χ4v) is 2.26. The molecule has 0 atom stereocenters. The Balaban J connectivity index is 2.09. The first-order valence-electron chi connectivity index (χ1n) is 5.69. The number of rotatable bonds is 2. The second-order valence-corrected chi connectivity index (χ2v) is 4.41. The average Bonchev–Trinajstić information content (AvgIpc) is 2.47. The number of nitrogens with zero attached hydrogens (tertiary/aromatic N) is 3. The smallest absolute Gasteiger partial charge is 0.126 e. The highest BCUT2D eigenvalue weighted by atomic mass is 15.3. The largest absolute Gasteiger partial charge is 0.384 e. The molecule has 1 aliphatic rings. The lowest BCUT2D eigenvalue weighted by Gasteiger charge is -2.26. The minimum absolute atomic E-state index is 0.818. The van der Waals surface area contributed by atoms with E-state index in [9.17, 15) is 0 Å². The van der Waals surface area contributed by atoms with Crippen molar-refractivity contribution in [3.63, 3.8) is 0 Å². The Kier molecular flexibility index (Phi) is 2.95. The number of likely N-dealkylation sites (tertiary alicyclic amines) is 1. The summed E-state index contributed by atoms with van der Waals surface area (Å²) in [6, 6.07) is 0. The Morgan fingerprint density at radius 3 is 2.47 bits per heavy atom. The van der Waals surface area contributed by atoms with Crippen molar-refractivity contribution in [3.8, 4) is 0 Å². The zero-order valence-electron chi connectivity index (χ0n) is 9.66. The Morgan fingerprint density at radius 2 is 1.93 bits per heavy atom. The molecule has 0 radical (unpaired) electrons. The number of aryl methyl sites for hydroxylation is 2. The number of hydrogen-bond acceptors (Lipinski definition) is 3. The molecule has 2 rings (SSSR count). The summed E-state index contributed by atoms with van der Waals surface area (Å²) in [4.78, 5) is 2.48. The van der Waals surface area contributed by atoms with Gasteiger partial charge in [0.25, 0.3) is 0 Å². The van der Waals surface area contributed by atoms with E-state index in [0.717, 1.165) is 18.1 Å². The van der Waals surface area contributed by atoms with Gasteiger partial charge < -0.3 is 5.73 Å². The number of aromatic nitrogens is 2. The molecule has 0 bridgehead atoms. The zero-order valence-corrected chi connectivity index (χ0v) is 9.66. The van der Waals surface area contributed by atoms with E-state index in [1.165, 1.54) is 37.9 Å². The first-order chi connectivity index (χ1) is 7.18. The third-order valence-corrected chi connectivity index (χ3v) is 3.22. The highest BCUT2D eigenvalue weighted by Gasteiger charge is 2.16. The second kappa shape index (κ2) is 4.23. The van der Waals surface area contributed by atoms with Gasteiger partial charge in [-0.25, -0.2) is 0 Å². The summed E-state index contributed by atoms with van der Waals surface area (Å²) in [6.07, 6.45) is 4.01. The van der Waals surface area contributed by atoms with Gasteiger partial charge in [0, 0.05) is 19.2 Å². The van der Waals surface area contributed by atoms with E-state index >= 15 is 0 Å². The molecule has 0 unspecified atom stereocenters. The third-order valence-electron chi connectivity index (χ3n) is 3.22. The van der Waals surface area contributed by atoms with Crippen LogP contribution >= 0.6 is 0 Å². The van der Waals surface area contributed by atoms with E-state index < -0.39 is 0 Å². The number of nitrogen functional groups attached to an aromatic ring is 1. The monoisotopic (exact) mass is 208 g/mol. The number of piperidine rings is 1. The molecule has 1 fully saturated rings. The molecule has 0 spiro atoms. The van der Waals surface area contributed by atoms with Crippen molar-refractivity contribution < 1.29 is 0 Å². The van der Waals surface area contributed by atoms with Crippen LogP contribution in [0.3, 0.4) is 0 Å². The van der Waals surface area contributed by atoms with Crippen molar-refractivity contribution in [2.45, 2.75) is 32.7 Å². The SMILES string of the molecule is Cc1nn(C)c(N)c1CN1CCCCC1. The minimum Gasteiger partial charge on any atom is -0.384 e. The maximum Gasteiger partial charge on any atom is 0.126 e. The third kappa shape index (κ3) is 2.15. The molecular formula is C11H20N4. The summed E-state index contributed by atoms with van der Waals surface area (Å²) in [5, 5.41) is 4.34. The lowest BCUT2D eigenvalue weighted by molar-refractivity contribution is 0.221. The van der Waals surface area contributed by atoms with Crippen molar-refractivity contribution in [2.24, 2.45) is 7.05 Å². The summed E-state index contributed by atoms with van der Waals surface area (Å²) in [5.41, 5.74) is 8.27. The van der Waals surface area contributed by atoms with Gasteiger partial charge in [-0.05, 0) is 32.9 Å². The summed E-state index contributed by atoms with van der Waals surface area (Å²) in [6.45, 7) is 5.41. The van der Waals surface area contributed by atoms with Crippen molar-refractivity contribution in [1.82, 2.24) is 14.7 Å². The highest BCUT2D eigenvalue weighted by molar-refractivity contribution is 5.42. The topological polar surface area (TPSA) is 47.1 Å². The van der Waals surface area contributed by atoms with Crippen LogP contribution in [0.2, 0.25) is 0 Å². The van der Waals surface area contributed by atoms with Crippen molar-refractivity contribution in [1.29, 1.82) is 0 Å². The molecule has 0 saturated carbocycles. The molecule has 2 heterocycles. The molecule has 0 amide bonds. The standard InChI is InChI=1S/C11H20N4/c1-9-10(11(12)14(2)13-9)8-15-6-4-3-5-7-15/h3-8,12H2,1-2H3. The second-order valence-electron chi connectivity index (χ2n) is 4.41. The van der Waals surface area contributed by atoms with Crippen LogP contribution in [0.5, 0.6) is 0 Å². The highest BCUT2D eigenvalue weighted by Crippen LogP contribution is 2.19. The van der Waals surface area contributed by atoms with Gasteiger partial charge in [0.15, 0.2) is 0 Å². The van der Waals surface area contributed by atoms with E-state index in [-0.39, 0.29) is 0 Å². The van der Waals surface area contributed by atoms with E-state index in [4.69, 9.17) is 5.73 Å². The van der Waals surface area contributed by atoms with Crippen LogP contribution in [-0.4, -0.2) is 27.8 Å². The van der Waals surface area contributed by atoms with Gasteiger partial charge in [-0.2, -0.15) is 5.10 Å². The molecule has 4 nitrogen and oxygen atoms in total. The predicted octanol–water partition coefficient (Wildman–Crippen LogP) is 1.30. The lowest BCUT2D eigenvalue weighted by atomic mass is 10.1. The summed E-state index contributed by atoms with van der Waals surface area (Å²) in [7, 11) is 1.90. The molecule has 84 valence electrons. The molecule has 4 heteroatoms. The van der Waals surface area contributed by atoms with Gasteiger partial charge in [0.1, 0.15) is 5.82 Å². The maximum atomic E-state index is 5.99. The normalized spacial score (nSPS) is 18.3. The van der Waals surface area contributed by atoms with Crippen LogP contribution in [0.15, 0.2) is 0 Å². The molecule has 1 saturated heterocycles. The molecule has 15 heavy (non-hydrogen) atoms. The van der Waals surface area contributed by atoms with Gasteiger partial charge in [0.05, 0.1) is 5.69 Å². The fourth-order valence-electron chi connectivity index (χ4n) is 2.26. The molecule has 0 aliphatic carbocycles. The summed E-state index contributed by atoms with van der Waals surface area (Å²) < 4.78 is 1.77. The maximum absolute atomic E-state index is 5.99. The molecular weight excluding hydrogens is 188 g/mol. The van der Waals surface area contributed by atoms with E-state index in [1.807, 2.05) is 14.0 Å². The number of nitrogens with two attached hydrogens (primary N) is 1.